The van der Waals surface area contributed by atoms with Gasteiger partial charge in [0.2, 0.25) is 0 Å². The lowest BCUT2D eigenvalue weighted by atomic mass is 10.0. The molecule has 0 atom stereocenters. The maximum absolute atomic E-state index is 11.0. The molecule has 0 saturated carbocycles. The Morgan fingerprint density at radius 2 is 2.19 bits per heavy atom. The van der Waals surface area contributed by atoms with Crippen LogP contribution in [0.25, 0.3) is 0 Å². The van der Waals surface area contributed by atoms with Gasteiger partial charge in [0.25, 0.3) is 11.6 Å². The van der Waals surface area contributed by atoms with Crippen molar-refractivity contribution >= 4 is 17.9 Å². The number of nitriles is 1. The maximum Gasteiger partial charge on any atom is 0.293 e. The lowest BCUT2D eigenvalue weighted by Gasteiger charge is -2.02. The second-order valence-electron chi connectivity index (χ2n) is 2.78. The predicted molar refractivity (Wildman–Crippen MR) is 51.7 cm³/mol. The number of benzene rings is 1. The minimum absolute atomic E-state index is 0.228. The highest BCUT2D eigenvalue weighted by Crippen LogP contribution is 2.25. The standard InChI is InChI=1S/C9H5N3O4/c10-3-5-1-2-6(4-13)8(12(15)16)7(5)9(11)14/h1-2,4H,(H2,11,14). The molecule has 0 saturated heterocycles. The molecule has 0 aromatic heterocycles. The summed E-state index contributed by atoms with van der Waals surface area (Å²) in [4.78, 5) is 31.4. The van der Waals surface area contributed by atoms with Crippen LogP contribution >= 0.6 is 0 Å². The van der Waals surface area contributed by atoms with Crippen LogP contribution in [0.5, 0.6) is 0 Å². The van der Waals surface area contributed by atoms with Gasteiger partial charge in [-0.2, -0.15) is 5.26 Å². The Labute approximate surface area is 89.2 Å². The number of amides is 1. The van der Waals surface area contributed by atoms with E-state index < -0.39 is 22.1 Å². The number of rotatable bonds is 3. The van der Waals surface area contributed by atoms with Gasteiger partial charge in [-0.25, -0.2) is 0 Å². The van der Waals surface area contributed by atoms with Gasteiger partial charge in [-0.15, -0.1) is 0 Å². The van der Waals surface area contributed by atoms with Gasteiger partial charge >= 0.3 is 0 Å². The highest BCUT2D eigenvalue weighted by molar-refractivity contribution is 6.02. The van der Waals surface area contributed by atoms with Crippen LogP contribution in [0.2, 0.25) is 0 Å². The first-order valence-electron chi connectivity index (χ1n) is 3.99. The molecule has 1 aromatic carbocycles. The molecule has 0 aliphatic heterocycles. The van der Waals surface area contributed by atoms with E-state index in [-0.39, 0.29) is 17.4 Å². The number of aldehydes is 1. The third-order valence-corrected chi connectivity index (χ3v) is 1.89. The number of hydrogen-bond acceptors (Lipinski definition) is 5. The summed E-state index contributed by atoms with van der Waals surface area (Å²) in [6.07, 6.45) is 0.228. The van der Waals surface area contributed by atoms with E-state index in [4.69, 9.17) is 11.0 Å². The predicted octanol–water partition coefficient (Wildman–Crippen LogP) is 0.378. The molecule has 2 N–H and O–H groups in total. The molecule has 1 aromatic rings. The van der Waals surface area contributed by atoms with E-state index in [1.54, 1.807) is 6.07 Å². The third-order valence-electron chi connectivity index (χ3n) is 1.89. The van der Waals surface area contributed by atoms with Crippen LogP contribution in [0.1, 0.15) is 26.3 Å². The molecule has 0 bridgehead atoms. The molecule has 7 nitrogen and oxygen atoms in total. The third kappa shape index (κ3) is 1.72. The maximum atomic E-state index is 11.0. The Bertz CT molecular complexity index is 530. The van der Waals surface area contributed by atoms with E-state index in [2.05, 4.69) is 0 Å². The topological polar surface area (TPSA) is 127 Å². The summed E-state index contributed by atoms with van der Waals surface area (Å²) in [5.74, 6) is -1.12. The van der Waals surface area contributed by atoms with Crippen molar-refractivity contribution in [3.8, 4) is 6.07 Å². The fourth-order valence-electron chi connectivity index (χ4n) is 1.24. The van der Waals surface area contributed by atoms with Crippen molar-refractivity contribution in [1.29, 1.82) is 5.26 Å². The highest BCUT2D eigenvalue weighted by atomic mass is 16.6. The van der Waals surface area contributed by atoms with Gasteiger partial charge in [-0.1, -0.05) is 0 Å². The zero-order chi connectivity index (χ0) is 12.3. The largest absolute Gasteiger partial charge is 0.365 e. The molecule has 0 fully saturated rings. The molecular weight excluding hydrogens is 214 g/mol. The molecule has 80 valence electrons. The number of nitro benzene ring substituents is 1. The van der Waals surface area contributed by atoms with Gasteiger partial charge in [0.05, 0.1) is 16.1 Å². The Morgan fingerprint density at radius 3 is 2.56 bits per heavy atom. The van der Waals surface area contributed by atoms with E-state index in [9.17, 15) is 19.7 Å². The van der Waals surface area contributed by atoms with Gasteiger partial charge in [0.15, 0.2) is 6.29 Å². The van der Waals surface area contributed by atoms with Crippen LogP contribution in [0.3, 0.4) is 0 Å². The Morgan fingerprint density at radius 1 is 1.56 bits per heavy atom. The molecule has 0 unspecified atom stereocenters. The fraction of sp³-hybridized carbons (Fsp3) is 0. The van der Waals surface area contributed by atoms with Gasteiger partial charge in [-0.05, 0) is 12.1 Å². The summed E-state index contributed by atoms with van der Waals surface area (Å²) in [7, 11) is 0. The number of nitrogens with zero attached hydrogens (tertiary/aromatic N) is 2. The van der Waals surface area contributed by atoms with Crippen molar-refractivity contribution in [1.82, 2.24) is 0 Å². The summed E-state index contributed by atoms with van der Waals surface area (Å²) in [6.45, 7) is 0. The number of primary amides is 1. The summed E-state index contributed by atoms with van der Waals surface area (Å²) >= 11 is 0. The normalized spacial score (nSPS) is 9.19. The summed E-state index contributed by atoms with van der Waals surface area (Å²) in [5.41, 5.74) is 3.14. The van der Waals surface area contributed by atoms with Crippen molar-refractivity contribution in [3.05, 3.63) is 38.9 Å². The molecule has 0 radical (unpaired) electrons. The van der Waals surface area contributed by atoms with Crippen molar-refractivity contribution in [3.63, 3.8) is 0 Å². The molecule has 7 heteroatoms. The monoisotopic (exact) mass is 219 g/mol. The molecule has 0 heterocycles. The number of hydrogen-bond donors (Lipinski definition) is 1. The van der Waals surface area contributed by atoms with Crippen molar-refractivity contribution in [2.45, 2.75) is 0 Å². The quantitative estimate of drug-likeness (QED) is 0.446. The molecule has 0 aliphatic rings. The van der Waals surface area contributed by atoms with E-state index in [1.807, 2.05) is 0 Å². The minimum Gasteiger partial charge on any atom is -0.365 e. The van der Waals surface area contributed by atoms with Gasteiger partial charge in [0.1, 0.15) is 11.6 Å². The Hall–Kier alpha value is -2.75. The Balaban J connectivity index is 3.75. The second-order valence-corrected chi connectivity index (χ2v) is 2.78. The van der Waals surface area contributed by atoms with E-state index in [1.165, 1.54) is 0 Å². The van der Waals surface area contributed by atoms with Gasteiger partial charge in [-0.3, -0.25) is 19.7 Å². The number of carbonyl (C=O) groups is 2. The average Bonchev–Trinajstić information content (AvgIpc) is 2.26. The molecule has 0 spiro atoms. The highest BCUT2D eigenvalue weighted by Gasteiger charge is 2.26. The summed E-state index contributed by atoms with van der Waals surface area (Å²) in [6, 6.07) is 3.83. The fourth-order valence-corrected chi connectivity index (χ4v) is 1.24. The van der Waals surface area contributed by atoms with Crippen molar-refractivity contribution in [2.75, 3.05) is 0 Å². The number of nitrogens with two attached hydrogens (primary N) is 1. The first kappa shape index (κ1) is 11.3. The van der Waals surface area contributed by atoms with E-state index in [0.29, 0.717) is 0 Å². The zero-order valence-corrected chi connectivity index (χ0v) is 7.84. The SMILES string of the molecule is N#Cc1ccc(C=O)c([N+](=O)[O-])c1C(N)=O. The lowest BCUT2D eigenvalue weighted by molar-refractivity contribution is -0.385. The van der Waals surface area contributed by atoms with E-state index in [0.717, 1.165) is 12.1 Å². The second kappa shape index (κ2) is 4.18. The summed E-state index contributed by atoms with van der Waals surface area (Å²) in [5, 5.41) is 19.4. The number of nitro groups is 1. The van der Waals surface area contributed by atoms with Crippen LogP contribution < -0.4 is 5.73 Å². The van der Waals surface area contributed by atoms with Crippen LogP contribution in [0.4, 0.5) is 5.69 Å². The van der Waals surface area contributed by atoms with E-state index >= 15 is 0 Å². The molecular formula is C9H5N3O4. The molecule has 16 heavy (non-hydrogen) atoms. The average molecular weight is 219 g/mol. The zero-order valence-electron chi connectivity index (χ0n) is 7.84. The summed E-state index contributed by atoms with van der Waals surface area (Å²) < 4.78 is 0. The molecule has 1 rings (SSSR count). The molecule has 0 aliphatic carbocycles. The van der Waals surface area contributed by atoms with Crippen LogP contribution in [0, 0.1) is 21.4 Å². The smallest absolute Gasteiger partial charge is 0.293 e. The van der Waals surface area contributed by atoms with Crippen molar-refractivity contribution < 1.29 is 14.5 Å². The van der Waals surface area contributed by atoms with Crippen LogP contribution in [-0.2, 0) is 0 Å². The lowest BCUT2D eigenvalue weighted by Crippen LogP contribution is -2.16. The van der Waals surface area contributed by atoms with Crippen LogP contribution in [-0.4, -0.2) is 17.1 Å². The Kier molecular flexibility index (Phi) is 2.96. The van der Waals surface area contributed by atoms with Gasteiger partial charge in [0, 0.05) is 0 Å². The first-order valence-corrected chi connectivity index (χ1v) is 3.99. The van der Waals surface area contributed by atoms with Gasteiger partial charge < -0.3 is 5.73 Å². The number of carbonyl (C=O) groups excluding carboxylic acids is 2. The van der Waals surface area contributed by atoms with Crippen LogP contribution in [0.15, 0.2) is 12.1 Å². The first-order chi connectivity index (χ1) is 7.52. The van der Waals surface area contributed by atoms with Crippen molar-refractivity contribution in [2.24, 2.45) is 5.73 Å². The molecule has 1 amide bonds. The minimum atomic E-state index is -1.12.